The van der Waals surface area contributed by atoms with E-state index in [0.29, 0.717) is 0 Å². The average molecular weight is 222 g/mol. The third-order valence-electron chi connectivity index (χ3n) is 2.28. The molecule has 0 fully saturated rings. The van der Waals surface area contributed by atoms with Crippen molar-refractivity contribution in [1.29, 1.82) is 0 Å². The molecule has 2 heteroatoms. The molecule has 0 amide bonds. The maximum Gasteiger partial charge on any atom is 0.264 e. The van der Waals surface area contributed by atoms with Crippen LogP contribution in [0.25, 0.3) is 11.6 Å². The Bertz CT molecular complexity index is 423. The third kappa shape index (κ3) is 3.61. The second-order valence-electron chi connectivity index (χ2n) is 4.14. The van der Waals surface area contributed by atoms with E-state index in [1.54, 1.807) is 0 Å². The predicted octanol–water partition coefficient (Wildman–Crippen LogP) is 4.70. The molecule has 1 rings (SSSR count). The Kier molecular flexibility index (Phi) is 3.63. The summed E-state index contributed by atoms with van der Waals surface area (Å²) in [6, 6.07) is 5.61. The van der Waals surface area contributed by atoms with Crippen LogP contribution in [-0.4, -0.2) is 5.92 Å². The SMILES string of the molecule is C=C(C)c1ccc(/C=C/C(C)(F)F)cc1C. The van der Waals surface area contributed by atoms with E-state index in [9.17, 15) is 8.78 Å². The van der Waals surface area contributed by atoms with Crippen molar-refractivity contribution in [3.05, 3.63) is 47.5 Å². The number of hydrogen-bond donors (Lipinski definition) is 0. The number of benzene rings is 1. The molecule has 0 radical (unpaired) electrons. The zero-order chi connectivity index (χ0) is 12.3. The molecule has 0 aliphatic carbocycles. The standard InChI is InChI=1S/C14H16F2/c1-10(2)13-6-5-12(9-11(13)3)7-8-14(4,15)16/h5-9H,1H2,2-4H3/b8-7+. The Hall–Kier alpha value is -1.44. The van der Waals surface area contributed by atoms with Crippen LogP contribution in [-0.2, 0) is 0 Å². The van der Waals surface area contributed by atoms with Crippen LogP contribution in [0.4, 0.5) is 8.78 Å². The minimum absolute atomic E-state index is 0.782. The predicted molar refractivity (Wildman–Crippen MR) is 65.5 cm³/mol. The molecule has 0 aliphatic rings. The van der Waals surface area contributed by atoms with Crippen molar-refractivity contribution >= 4 is 11.6 Å². The summed E-state index contributed by atoms with van der Waals surface area (Å²) in [6.07, 6.45) is 2.34. The van der Waals surface area contributed by atoms with Gasteiger partial charge in [0.25, 0.3) is 5.92 Å². The van der Waals surface area contributed by atoms with Gasteiger partial charge >= 0.3 is 0 Å². The van der Waals surface area contributed by atoms with E-state index in [1.807, 2.05) is 32.0 Å². The molecule has 0 aliphatic heterocycles. The fourth-order valence-electron chi connectivity index (χ4n) is 1.51. The fourth-order valence-corrected chi connectivity index (χ4v) is 1.51. The van der Waals surface area contributed by atoms with Gasteiger partial charge in [0.15, 0.2) is 0 Å². The summed E-state index contributed by atoms with van der Waals surface area (Å²) < 4.78 is 25.2. The second kappa shape index (κ2) is 4.60. The van der Waals surface area contributed by atoms with Crippen LogP contribution in [0.2, 0.25) is 0 Å². The molecule has 0 unspecified atom stereocenters. The molecule has 0 nitrogen and oxygen atoms in total. The molecule has 0 N–H and O–H groups in total. The minimum atomic E-state index is -2.76. The number of halogens is 2. The normalized spacial score (nSPS) is 12.1. The van der Waals surface area contributed by atoms with Crippen molar-refractivity contribution < 1.29 is 8.78 Å². The zero-order valence-corrected chi connectivity index (χ0v) is 9.85. The van der Waals surface area contributed by atoms with Gasteiger partial charge in [-0.05, 0) is 36.6 Å². The Morgan fingerprint density at radius 3 is 2.44 bits per heavy atom. The van der Waals surface area contributed by atoms with Crippen LogP contribution in [0.5, 0.6) is 0 Å². The first kappa shape index (κ1) is 12.6. The van der Waals surface area contributed by atoms with Gasteiger partial charge in [0.2, 0.25) is 0 Å². The molecule has 0 aromatic heterocycles. The van der Waals surface area contributed by atoms with Crippen LogP contribution < -0.4 is 0 Å². The largest absolute Gasteiger partial charge is 0.264 e. The van der Waals surface area contributed by atoms with E-state index in [-0.39, 0.29) is 0 Å². The molecule has 0 atom stereocenters. The topological polar surface area (TPSA) is 0 Å². The molecule has 0 saturated carbocycles. The molecule has 0 bridgehead atoms. The highest BCUT2D eigenvalue weighted by atomic mass is 19.3. The Morgan fingerprint density at radius 2 is 2.00 bits per heavy atom. The summed E-state index contributed by atoms with van der Waals surface area (Å²) in [5.41, 5.74) is 3.88. The van der Waals surface area contributed by atoms with Gasteiger partial charge in [-0.1, -0.05) is 36.4 Å². The Balaban J connectivity index is 2.99. The summed E-state index contributed by atoms with van der Waals surface area (Å²) >= 11 is 0. The van der Waals surface area contributed by atoms with Crippen LogP contribution >= 0.6 is 0 Å². The summed E-state index contributed by atoms with van der Waals surface area (Å²) in [6.45, 7) is 8.62. The van der Waals surface area contributed by atoms with Gasteiger partial charge in [0.05, 0.1) is 0 Å². The van der Waals surface area contributed by atoms with Crippen LogP contribution in [0.1, 0.15) is 30.5 Å². The number of allylic oxidation sites excluding steroid dienone is 2. The first-order valence-corrected chi connectivity index (χ1v) is 5.13. The quantitative estimate of drug-likeness (QED) is 0.695. The monoisotopic (exact) mass is 222 g/mol. The molecular formula is C14H16F2. The van der Waals surface area contributed by atoms with Crippen molar-refractivity contribution in [3.8, 4) is 0 Å². The first-order chi connectivity index (χ1) is 7.29. The summed E-state index contributed by atoms with van der Waals surface area (Å²) in [4.78, 5) is 0. The number of alkyl halides is 2. The van der Waals surface area contributed by atoms with Crippen LogP contribution in [0.15, 0.2) is 30.9 Å². The van der Waals surface area contributed by atoms with Crippen molar-refractivity contribution in [2.24, 2.45) is 0 Å². The lowest BCUT2D eigenvalue weighted by molar-refractivity contribution is 0.0784. The highest BCUT2D eigenvalue weighted by Gasteiger charge is 2.14. The fraction of sp³-hybridized carbons (Fsp3) is 0.286. The zero-order valence-electron chi connectivity index (χ0n) is 9.85. The van der Waals surface area contributed by atoms with Crippen molar-refractivity contribution in [3.63, 3.8) is 0 Å². The van der Waals surface area contributed by atoms with E-state index >= 15 is 0 Å². The van der Waals surface area contributed by atoms with E-state index in [1.165, 1.54) is 6.08 Å². The lowest BCUT2D eigenvalue weighted by Gasteiger charge is -2.07. The highest BCUT2D eigenvalue weighted by Crippen LogP contribution is 2.20. The van der Waals surface area contributed by atoms with Gasteiger partial charge in [-0.15, -0.1) is 0 Å². The Morgan fingerprint density at radius 1 is 1.38 bits per heavy atom. The van der Waals surface area contributed by atoms with E-state index in [4.69, 9.17) is 0 Å². The van der Waals surface area contributed by atoms with Gasteiger partial charge in [-0.25, -0.2) is 8.78 Å². The summed E-state index contributed by atoms with van der Waals surface area (Å²) in [5.74, 6) is -2.76. The average Bonchev–Trinajstić information content (AvgIpc) is 2.13. The highest BCUT2D eigenvalue weighted by molar-refractivity contribution is 5.66. The van der Waals surface area contributed by atoms with Crippen molar-refractivity contribution in [2.45, 2.75) is 26.7 Å². The van der Waals surface area contributed by atoms with Gasteiger partial charge in [-0.2, -0.15) is 0 Å². The van der Waals surface area contributed by atoms with Crippen LogP contribution in [0.3, 0.4) is 0 Å². The lowest BCUT2D eigenvalue weighted by Crippen LogP contribution is -2.02. The van der Waals surface area contributed by atoms with Gasteiger partial charge in [0.1, 0.15) is 0 Å². The molecular weight excluding hydrogens is 206 g/mol. The van der Waals surface area contributed by atoms with Gasteiger partial charge < -0.3 is 0 Å². The molecule has 0 spiro atoms. The van der Waals surface area contributed by atoms with Crippen molar-refractivity contribution in [1.82, 2.24) is 0 Å². The lowest BCUT2D eigenvalue weighted by atomic mass is 10.00. The molecule has 1 aromatic rings. The first-order valence-electron chi connectivity index (χ1n) is 5.13. The van der Waals surface area contributed by atoms with E-state index in [2.05, 4.69) is 6.58 Å². The third-order valence-corrected chi connectivity index (χ3v) is 2.28. The molecule has 16 heavy (non-hydrogen) atoms. The smallest absolute Gasteiger partial charge is 0.202 e. The minimum Gasteiger partial charge on any atom is -0.202 e. The molecule has 0 heterocycles. The van der Waals surface area contributed by atoms with E-state index < -0.39 is 5.92 Å². The van der Waals surface area contributed by atoms with E-state index in [0.717, 1.165) is 35.3 Å². The summed E-state index contributed by atoms with van der Waals surface area (Å²) in [7, 11) is 0. The molecule has 1 aromatic carbocycles. The van der Waals surface area contributed by atoms with Crippen molar-refractivity contribution in [2.75, 3.05) is 0 Å². The second-order valence-corrected chi connectivity index (χ2v) is 4.14. The molecule has 0 saturated heterocycles. The maximum atomic E-state index is 12.6. The number of rotatable bonds is 3. The number of hydrogen-bond acceptors (Lipinski definition) is 0. The molecule has 86 valence electrons. The Labute approximate surface area is 95.3 Å². The van der Waals surface area contributed by atoms with Gasteiger partial charge in [-0.3, -0.25) is 0 Å². The summed E-state index contributed by atoms with van der Waals surface area (Å²) in [5, 5.41) is 0. The number of aryl methyl sites for hydroxylation is 1. The van der Waals surface area contributed by atoms with Crippen LogP contribution in [0, 0.1) is 6.92 Å². The maximum absolute atomic E-state index is 12.6. The van der Waals surface area contributed by atoms with Gasteiger partial charge in [0, 0.05) is 6.92 Å².